The van der Waals surface area contributed by atoms with E-state index in [1.807, 2.05) is 0 Å². The van der Waals surface area contributed by atoms with E-state index in [0.717, 1.165) is 55.5 Å². The van der Waals surface area contributed by atoms with Gasteiger partial charge in [0.05, 0.1) is 11.0 Å². The Morgan fingerprint density at radius 2 is 0.879 bits per heavy atom. The minimum Gasteiger partial charge on any atom is -0.277 e. The van der Waals surface area contributed by atoms with Gasteiger partial charge >= 0.3 is 0 Å². The lowest BCUT2D eigenvalue weighted by Crippen LogP contribution is -2.18. The van der Waals surface area contributed by atoms with Gasteiger partial charge < -0.3 is 0 Å². The molecule has 8 aromatic carbocycles. The molecule has 0 unspecified atom stereocenters. The molecule has 2 aromatic heterocycles. The van der Waals surface area contributed by atoms with Crippen molar-refractivity contribution in [3.05, 3.63) is 193 Å². The van der Waals surface area contributed by atoms with Gasteiger partial charge in [0.1, 0.15) is 0 Å². The second kappa shape index (κ2) is 12.3. The van der Waals surface area contributed by atoms with Gasteiger partial charge in [-0.05, 0) is 103 Å². The lowest BCUT2D eigenvalue weighted by Gasteiger charge is -2.26. The van der Waals surface area contributed by atoms with E-state index in [1.165, 1.54) is 44.2 Å². The first-order chi connectivity index (χ1) is 28.5. The Bertz CT molecular complexity index is 3250. The Balaban J connectivity index is 1.23. The maximum atomic E-state index is 5.50. The Morgan fingerprint density at radius 3 is 1.60 bits per heavy atom. The first-order valence-corrected chi connectivity index (χ1v) is 19.9. The van der Waals surface area contributed by atoms with Gasteiger partial charge in [-0.1, -0.05) is 159 Å². The molecule has 4 heteroatoms. The van der Waals surface area contributed by atoms with E-state index in [-0.39, 0.29) is 5.41 Å². The molecule has 0 fully saturated rings. The van der Waals surface area contributed by atoms with E-state index in [4.69, 9.17) is 15.0 Å². The molecule has 1 aliphatic heterocycles. The first kappa shape index (κ1) is 32.8. The predicted molar refractivity (Wildman–Crippen MR) is 238 cm³/mol. The van der Waals surface area contributed by atoms with E-state index in [0.29, 0.717) is 17.6 Å². The fourth-order valence-electron chi connectivity index (χ4n) is 9.72. The molecule has 10 aromatic rings. The standard InChI is InChI=1S/C54H36N4/c1-54(2)48-42-23-13-24-44(48)45-26-27-46-43-22-9-10-25-47(43)58(50(46)49(45)54)53-56-51(38-21-12-19-36(29-38)35-18-11-20-37(42)28-35)55-52(57-53)41-31-39(33-14-5-3-6-15-33)30-40(32-41)34-16-7-4-8-17-34/h3-32H,1-2H3. The third kappa shape index (κ3) is 4.85. The Hall–Kier alpha value is -7.43. The number of hydrogen-bond donors (Lipinski definition) is 0. The summed E-state index contributed by atoms with van der Waals surface area (Å²) in [5.74, 6) is 1.84. The quantitative estimate of drug-likeness (QED) is 0.181. The molecular formula is C54H36N4. The number of fused-ring (bicyclic) bond motifs is 14. The normalized spacial score (nSPS) is 13.1. The van der Waals surface area contributed by atoms with Crippen LogP contribution in [0.5, 0.6) is 0 Å². The van der Waals surface area contributed by atoms with Crippen molar-refractivity contribution in [2.24, 2.45) is 0 Å². The third-order valence-corrected chi connectivity index (χ3v) is 12.3. The zero-order valence-corrected chi connectivity index (χ0v) is 32.1. The number of hydrogen-bond acceptors (Lipinski definition) is 3. The van der Waals surface area contributed by atoms with Gasteiger partial charge in [0.2, 0.25) is 5.95 Å². The highest BCUT2D eigenvalue weighted by Crippen LogP contribution is 2.55. The van der Waals surface area contributed by atoms with Gasteiger partial charge in [-0.25, -0.2) is 4.98 Å². The lowest BCUT2D eigenvalue weighted by atomic mass is 9.78. The lowest BCUT2D eigenvalue weighted by molar-refractivity contribution is 0.665. The van der Waals surface area contributed by atoms with Crippen LogP contribution in [0.15, 0.2) is 182 Å². The van der Waals surface area contributed by atoms with E-state index in [2.05, 4.69) is 200 Å². The van der Waals surface area contributed by atoms with E-state index in [1.54, 1.807) is 0 Å². The highest BCUT2D eigenvalue weighted by atomic mass is 15.2. The van der Waals surface area contributed by atoms with Crippen LogP contribution in [-0.2, 0) is 5.41 Å². The molecule has 272 valence electrons. The van der Waals surface area contributed by atoms with Crippen molar-refractivity contribution in [2.45, 2.75) is 19.3 Å². The second-order valence-electron chi connectivity index (χ2n) is 16.1. The summed E-state index contributed by atoms with van der Waals surface area (Å²) in [7, 11) is 0. The van der Waals surface area contributed by atoms with Gasteiger partial charge in [-0.2, -0.15) is 9.97 Å². The molecule has 0 spiro atoms. The van der Waals surface area contributed by atoms with Crippen molar-refractivity contribution in [2.75, 3.05) is 0 Å². The highest BCUT2D eigenvalue weighted by Gasteiger charge is 2.41. The molecule has 0 radical (unpaired) electrons. The van der Waals surface area contributed by atoms with Gasteiger partial charge in [-0.3, -0.25) is 4.57 Å². The second-order valence-corrected chi connectivity index (χ2v) is 16.1. The minimum atomic E-state index is -0.339. The van der Waals surface area contributed by atoms with Crippen LogP contribution in [0.3, 0.4) is 0 Å². The van der Waals surface area contributed by atoms with E-state index >= 15 is 0 Å². The summed E-state index contributed by atoms with van der Waals surface area (Å²) >= 11 is 0. The van der Waals surface area contributed by atoms with Gasteiger partial charge in [0, 0.05) is 27.3 Å². The molecule has 4 nitrogen and oxygen atoms in total. The smallest absolute Gasteiger partial charge is 0.238 e. The number of aromatic nitrogens is 4. The molecule has 3 heterocycles. The molecule has 8 bridgehead atoms. The van der Waals surface area contributed by atoms with Crippen LogP contribution in [0.4, 0.5) is 0 Å². The van der Waals surface area contributed by atoms with Crippen LogP contribution in [0.25, 0.3) is 106 Å². The first-order valence-electron chi connectivity index (χ1n) is 19.9. The SMILES string of the molecule is CC1(C)c2c3cccc2-c2ccc4c5ccccc5n(c4c21)-c1nc(nc(-c2cc(-c4ccccc4)cc(-c4ccccc4)c2)n1)-c1cccc(c1)-c1cccc-3c1. The fraction of sp³-hybridized carbons (Fsp3) is 0.0556. The van der Waals surface area contributed by atoms with Crippen molar-refractivity contribution in [1.82, 2.24) is 19.5 Å². The van der Waals surface area contributed by atoms with Crippen LogP contribution >= 0.6 is 0 Å². The summed E-state index contributed by atoms with van der Waals surface area (Å²) in [6.45, 7) is 4.77. The number of rotatable bonds is 3. The molecule has 0 amide bonds. The van der Waals surface area contributed by atoms with Crippen molar-refractivity contribution in [1.29, 1.82) is 0 Å². The number of para-hydroxylation sites is 1. The largest absolute Gasteiger partial charge is 0.277 e. The van der Waals surface area contributed by atoms with Gasteiger partial charge in [0.15, 0.2) is 11.6 Å². The average Bonchev–Trinajstić information content (AvgIpc) is 3.75. The van der Waals surface area contributed by atoms with Gasteiger partial charge in [-0.15, -0.1) is 0 Å². The summed E-state index contributed by atoms with van der Waals surface area (Å²) in [6.07, 6.45) is 0. The summed E-state index contributed by atoms with van der Waals surface area (Å²) in [5.41, 5.74) is 18.1. The molecular weight excluding hydrogens is 705 g/mol. The van der Waals surface area contributed by atoms with Crippen molar-refractivity contribution in [3.8, 4) is 84.4 Å². The number of benzene rings is 8. The Labute approximate surface area is 336 Å². The zero-order valence-electron chi connectivity index (χ0n) is 32.1. The van der Waals surface area contributed by atoms with Crippen LogP contribution in [-0.4, -0.2) is 19.5 Å². The molecule has 0 atom stereocenters. The molecule has 12 rings (SSSR count). The molecule has 0 N–H and O–H groups in total. The average molecular weight is 741 g/mol. The molecule has 2 aliphatic rings. The molecule has 58 heavy (non-hydrogen) atoms. The summed E-state index contributed by atoms with van der Waals surface area (Å²) in [5, 5.41) is 2.36. The third-order valence-electron chi connectivity index (χ3n) is 12.3. The van der Waals surface area contributed by atoms with Gasteiger partial charge in [0.25, 0.3) is 0 Å². The van der Waals surface area contributed by atoms with E-state index < -0.39 is 0 Å². The monoisotopic (exact) mass is 740 g/mol. The summed E-state index contributed by atoms with van der Waals surface area (Å²) < 4.78 is 2.31. The zero-order chi connectivity index (χ0) is 38.5. The molecule has 0 saturated carbocycles. The maximum Gasteiger partial charge on any atom is 0.238 e. The predicted octanol–water partition coefficient (Wildman–Crippen LogP) is 13.6. The van der Waals surface area contributed by atoms with E-state index in [9.17, 15) is 0 Å². The van der Waals surface area contributed by atoms with Crippen LogP contribution in [0, 0.1) is 0 Å². The molecule has 0 saturated heterocycles. The fourth-order valence-corrected chi connectivity index (χ4v) is 9.72. The maximum absolute atomic E-state index is 5.50. The topological polar surface area (TPSA) is 43.6 Å². The Kier molecular flexibility index (Phi) is 6.94. The summed E-state index contributed by atoms with van der Waals surface area (Å²) in [4.78, 5) is 16.3. The minimum absolute atomic E-state index is 0.339. The van der Waals surface area contributed by atoms with Crippen LogP contribution in [0.1, 0.15) is 25.0 Å². The van der Waals surface area contributed by atoms with Crippen molar-refractivity contribution >= 4 is 21.8 Å². The Morgan fingerprint density at radius 1 is 0.362 bits per heavy atom. The highest BCUT2D eigenvalue weighted by molar-refractivity contribution is 6.13. The molecule has 1 aliphatic carbocycles. The van der Waals surface area contributed by atoms with Crippen molar-refractivity contribution < 1.29 is 0 Å². The number of nitrogens with zero attached hydrogens (tertiary/aromatic N) is 4. The van der Waals surface area contributed by atoms with Crippen molar-refractivity contribution in [3.63, 3.8) is 0 Å². The van der Waals surface area contributed by atoms with Crippen LogP contribution < -0.4 is 0 Å². The van der Waals surface area contributed by atoms with Crippen LogP contribution in [0.2, 0.25) is 0 Å². The summed E-state index contributed by atoms with van der Waals surface area (Å²) in [6, 6.07) is 65.6.